The van der Waals surface area contributed by atoms with Gasteiger partial charge in [-0.1, -0.05) is 41.9 Å². The van der Waals surface area contributed by atoms with Gasteiger partial charge in [-0.25, -0.2) is 0 Å². The molecule has 1 atom stereocenters. The van der Waals surface area contributed by atoms with E-state index in [4.69, 9.17) is 26.8 Å². The summed E-state index contributed by atoms with van der Waals surface area (Å²) in [7, 11) is 1.54. The third-order valence-corrected chi connectivity index (χ3v) is 4.07. The minimum absolute atomic E-state index is 0.219. The Morgan fingerprint density at radius 1 is 1.25 bits per heavy atom. The lowest BCUT2D eigenvalue weighted by molar-refractivity contribution is -0.707. The molecule has 0 bridgehead atoms. The van der Waals surface area contributed by atoms with Crippen molar-refractivity contribution in [2.24, 2.45) is 5.73 Å². The number of halogens is 1. The fourth-order valence-corrected chi connectivity index (χ4v) is 2.58. The van der Waals surface area contributed by atoms with E-state index < -0.39 is 5.91 Å². The topological polar surface area (TPSA) is 78.2 Å². The first kappa shape index (κ1) is 18.1. The van der Waals surface area contributed by atoms with Crippen molar-refractivity contribution in [3.05, 3.63) is 58.6 Å². The fourth-order valence-electron chi connectivity index (χ4n) is 2.35. The standard InChI is InChI=1S/C18H21ClN2O3/c1-12(13-6-4-3-5-7-13)21-10-14-8-16(23-2)17(9-15(14)19)24-11-18(20)22/h3-9,12,21H,10-11H2,1-2H3,(H2,20,22)/p+1/t12-/m0/s1. The molecule has 0 spiro atoms. The molecule has 5 nitrogen and oxygen atoms in total. The molecule has 4 N–H and O–H groups in total. The van der Waals surface area contributed by atoms with Crippen LogP contribution in [0, 0.1) is 0 Å². The van der Waals surface area contributed by atoms with Gasteiger partial charge in [0.1, 0.15) is 12.6 Å². The second-order valence-electron chi connectivity index (χ2n) is 5.49. The molecule has 0 aromatic heterocycles. The van der Waals surface area contributed by atoms with E-state index in [1.54, 1.807) is 13.2 Å². The number of amides is 1. The predicted octanol–water partition coefficient (Wildman–Crippen LogP) is 2.04. The van der Waals surface area contributed by atoms with Crippen LogP contribution in [0.4, 0.5) is 0 Å². The zero-order valence-electron chi connectivity index (χ0n) is 13.8. The number of carbonyl (C=O) groups is 1. The van der Waals surface area contributed by atoms with E-state index in [-0.39, 0.29) is 6.61 Å². The average Bonchev–Trinajstić information content (AvgIpc) is 2.59. The van der Waals surface area contributed by atoms with E-state index >= 15 is 0 Å². The number of primary amides is 1. The number of hydrogen-bond donors (Lipinski definition) is 2. The van der Waals surface area contributed by atoms with Gasteiger partial charge in [-0.2, -0.15) is 0 Å². The first-order valence-electron chi connectivity index (χ1n) is 7.67. The molecule has 0 saturated heterocycles. The highest BCUT2D eigenvalue weighted by molar-refractivity contribution is 6.31. The van der Waals surface area contributed by atoms with Crippen molar-refractivity contribution in [2.45, 2.75) is 19.5 Å². The summed E-state index contributed by atoms with van der Waals surface area (Å²) in [5.41, 5.74) is 7.28. The van der Waals surface area contributed by atoms with Gasteiger partial charge in [-0.15, -0.1) is 0 Å². The number of nitrogens with two attached hydrogens (primary N) is 2. The van der Waals surface area contributed by atoms with Crippen molar-refractivity contribution < 1.29 is 19.6 Å². The summed E-state index contributed by atoms with van der Waals surface area (Å²) in [5, 5.41) is 2.76. The van der Waals surface area contributed by atoms with Crippen molar-refractivity contribution in [3.63, 3.8) is 0 Å². The minimum Gasteiger partial charge on any atom is -0.493 e. The predicted molar refractivity (Wildman–Crippen MR) is 93.2 cm³/mol. The van der Waals surface area contributed by atoms with Gasteiger partial charge in [0.25, 0.3) is 5.91 Å². The van der Waals surface area contributed by atoms with Crippen LogP contribution in [0.15, 0.2) is 42.5 Å². The second kappa shape index (κ2) is 8.57. The number of quaternary nitrogens is 1. The largest absolute Gasteiger partial charge is 0.493 e. The Bertz CT molecular complexity index is 692. The Kier molecular flexibility index (Phi) is 6.46. The molecule has 6 heteroatoms. The van der Waals surface area contributed by atoms with Gasteiger partial charge in [0, 0.05) is 17.2 Å². The summed E-state index contributed by atoms with van der Waals surface area (Å²) in [6.45, 7) is 2.62. The number of carbonyl (C=O) groups excluding carboxylic acids is 1. The van der Waals surface area contributed by atoms with Crippen LogP contribution in [0.1, 0.15) is 24.1 Å². The summed E-state index contributed by atoms with van der Waals surface area (Å²) < 4.78 is 10.6. The summed E-state index contributed by atoms with van der Waals surface area (Å²) in [4.78, 5) is 10.9. The summed E-state index contributed by atoms with van der Waals surface area (Å²) in [5.74, 6) is 0.375. The SMILES string of the molecule is COc1cc(C[NH2+][C@@H](C)c2ccccc2)c(Cl)cc1OCC(N)=O. The molecule has 0 saturated carbocycles. The molecule has 0 heterocycles. The molecule has 24 heavy (non-hydrogen) atoms. The number of rotatable bonds is 8. The van der Waals surface area contributed by atoms with Gasteiger partial charge in [-0.05, 0) is 13.0 Å². The molecular weight excluding hydrogens is 328 g/mol. The van der Waals surface area contributed by atoms with Gasteiger partial charge in [0.05, 0.1) is 12.1 Å². The van der Waals surface area contributed by atoms with Gasteiger partial charge in [0.2, 0.25) is 0 Å². The maximum absolute atomic E-state index is 10.9. The second-order valence-corrected chi connectivity index (χ2v) is 5.90. The van der Waals surface area contributed by atoms with Crippen LogP contribution in [0.5, 0.6) is 11.5 Å². The number of ether oxygens (including phenoxy) is 2. The smallest absolute Gasteiger partial charge is 0.255 e. The van der Waals surface area contributed by atoms with Crippen LogP contribution in [0.25, 0.3) is 0 Å². The lowest BCUT2D eigenvalue weighted by Gasteiger charge is -2.15. The number of methoxy groups -OCH3 is 1. The molecule has 0 radical (unpaired) electrons. The summed E-state index contributed by atoms with van der Waals surface area (Å²) in [6, 6.07) is 14.0. The van der Waals surface area contributed by atoms with E-state index in [2.05, 4.69) is 24.4 Å². The Morgan fingerprint density at radius 2 is 1.96 bits per heavy atom. The lowest BCUT2D eigenvalue weighted by Crippen LogP contribution is -2.83. The highest BCUT2D eigenvalue weighted by atomic mass is 35.5. The van der Waals surface area contributed by atoms with Crippen LogP contribution < -0.4 is 20.5 Å². The van der Waals surface area contributed by atoms with Gasteiger partial charge in [-0.3, -0.25) is 4.79 Å². The first-order valence-corrected chi connectivity index (χ1v) is 8.05. The van der Waals surface area contributed by atoms with Gasteiger partial charge >= 0.3 is 0 Å². The molecule has 0 aliphatic carbocycles. The molecule has 2 rings (SSSR count). The van der Waals surface area contributed by atoms with Crippen LogP contribution in [0.3, 0.4) is 0 Å². The van der Waals surface area contributed by atoms with Crippen molar-refractivity contribution in [1.82, 2.24) is 0 Å². The van der Waals surface area contributed by atoms with Crippen LogP contribution in [-0.2, 0) is 11.3 Å². The van der Waals surface area contributed by atoms with E-state index in [9.17, 15) is 4.79 Å². The van der Waals surface area contributed by atoms with Crippen molar-refractivity contribution in [2.75, 3.05) is 13.7 Å². The average molecular weight is 350 g/mol. The maximum Gasteiger partial charge on any atom is 0.255 e. The van der Waals surface area contributed by atoms with E-state index in [1.807, 2.05) is 24.3 Å². The third kappa shape index (κ3) is 4.88. The fraction of sp³-hybridized carbons (Fsp3) is 0.278. The molecule has 0 fully saturated rings. The van der Waals surface area contributed by atoms with Crippen LogP contribution in [-0.4, -0.2) is 19.6 Å². The number of hydrogen-bond acceptors (Lipinski definition) is 3. The zero-order valence-corrected chi connectivity index (χ0v) is 14.5. The van der Waals surface area contributed by atoms with Crippen molar-refractivity contribution in [1.29, 1.82) is 0 Å². The summed E-state index contributed by atoms with van der Waals surface area (Å²) in [6.07, 6.45) is 0. The molecule has 1 amide bonds. The third-order valence-electron chi connectivity index (χ3n) is 3.72. The molecule has 0 aliphatic heterocycles. The van der Waals surface area contributed by atoms with E-state index in [0.29, 0.717) is 29.1 Å². The van der Waals surface area contributed by atoms with Crippen molar-refractivity contribution in [3.8, 4) is 11.5 Å². The first-order chi connectivity index (χ1) is 11.5. The molecule has 0 aliphatic rings. The maximum atomic E-state index is 10.9. The minimum atomic E-state index is -0.553. The molecule has 2 aromatic rings. The summed E-state index contributed by atoms with van der Waals surface area (Å²) >= 11 is 6.33. The molecular formula is C18H22ClN2O3+. The zero-order chi connectivity index (χ0) is 17.5. The molecule has 0 unspecified atom stereocenters. The highest BCUT2D eigenvalue weighted by Gasteiger charge is 2.14. The normalized spacial score (nSPS) is 11.8. The van der Waals surface area contributed by atoms with Crippen LogP contribution >= 0.6 is 11.6 Å². The highest BCUT2D eigenvalue weighted by Crippen LogP contribution is 2.33. The van der Waals surface area contributed by atoms with Crippen molar-refractivity contribution >= 4 is 17.5 Å². The Hall–Kier alpha value is -2.24. The molecule has 128 valence electrons. The van der Waals surface area contributed by atoms with Crippen LogP contribution in [0.2, 0.25) is 5.02 Å². The Balaban J connectivity index is 2.08. The quantitative estimate of drug-likeness (QED) is 0.765. The van der Waals surface area contributed by atoms with Gasteiger partial charge in [0.15, 0.2) is 18.1 Å². The number of benzene rings is 2. The van der Waals surface area contributed by atoms with E-state index in [1.165, 1.54) is 5.56 Å². The van der Waals surface area contributed by atoms with Gasteiger partial charge < -0.3 is 20.5 Å². The lowest BCUT2D eigenvalue weighted by atomic mass is 10.1. The Morgan fingerprint density at radius 3 is 2.58 bits per heavy atom. The Labute approximate surface area is 146 Å². The monoisotopic (exact) mass is 349 g/mol. The molecule has 2 aromatic carbocycles. The van der Waals surface area contributed by atoms with E-state index in [0.717, 1.165) is 5.56 Å².